The molecule has 1 saturated carbocycles. The van der Waals surface area contributed by atoms with Crippen molar-refractivity contribution >= 4 is 29.4 Å². The standard InChI is InChI=1S/C31H42N2O4/c1-2-3-4-5-6-7-8-23-9-14-25(15-10-23)31(35)37-28-17-11-24(12-18-28)13-20-30(34)36-22-26-21-27(32)16-19-29(26)33/h11-13,16-21,23,25H,2-10,14-15,22,32-33H2,1H3/b20-13+. The summed E-state index contributed by atoms with van der Waals surface area (Å²) in [5.74, 6) is 0.659. The molecule has 6 nitrogen and oxygen atoms in total. The van der Waals surface area contributed by atoms with Crippen LogP contribution in [0.1, 0.15) is 88.7 Å². The van der Waals surface area contributed by atoms with Gasteiger partial charge >= 0.3 is 11.9 Å². The van der Waals surface area contributed by atoms with Gasteiger partial charge in [0.15, 0.2) is 0 Å². The minimum Gasteiger partial charge on any atom is -0.458 e. The van der Waals surface area contributed by atoms with Crippen molar-refractivity contribution in [3.63, 3.8) is 0 Å². The van der Waals surface area contributed by atoms with E-state index in [4.69, 9.17) is 20.9 Å². The van der Waals surface area contributed by atoms with Crippen molar-refractivity contribution in [3.8, 4) is 5.75 Å². The number of nitrogens with two attached hydrogens (primary N) is 2. The van der Waals surface area contributed by atoms with Crippen LogP contribution in [-0.4, -0.2) is 11.9 Å². The number of nitrogen functional groups attached to an aromatic ring is 2. The second-order valence-corrected chi connectivity index (χ2v) is 10.2. The Morgan fingerprint density at radius 1 is 0.919 bits per heavy atom. The van der Waals surface area contributed by atoms with E-state index in [0.29, 0.717) is 22.7 Å². The molecule has 0 amide bonds. The van der Waals surface area contributed by atoms with Gasteiger partial charge in [0.25, 0.3) is 0 Å². The van der Waals surface area contributed by atoms with Gasteiger partial charge in [0.2, 0.25) is 0 Å². The zero-order valence-corrected chi connectivity index (χ0v) is 22.1. The molecule has 0 unspecified atom stereocenters. The Morgan fingerprint density at radius 2 is 1.62 bits per heavy atom. The van der Waals surface area contributed by atoms with E-state index in [1.54, 1.807) is 48.5 Å². The van der Waals surface area contributed by atoms with Crippen LogP contribution in [0.15, 0.2) is 48.5 Å². The third-order valence-electron chi connectivity index (χ3n) is 7.19. The summed E-state index contributed by atoms with van der Waals surface area (Å²) in [5, 5.41) is 0. The SMILES string of the molecule is CCCCCCCCC1CCC(C(=O)Oc2ccc(/C=C/C(=O)OCc3cc(N)ccc3N)cc2)CC1. The lowest BCUT2D eigenvalue weighted by Crippen LogP contribution is -2.25. The minimum absolute atomic E-state index is 0.0100. The highest BCUT2D eigenvalue weighted by Gasteiger charge is 2.27. The lowest BCUT2D eigenvalue weighted by molar-refractivity contribution is -0.140. The molecule has 0 saturated heterocycles. The molecule has 1 aliphatic carbocycles. The Hall–Kier alpha value is -3.28. The smallest absolute Gasteiger partial charge is 0.331 e. The minimum atomic E-state index is -0.482. The van der Waals surface area contributed by atoms with Crippen molar-refractivity contribution in [3.05, 3.63) is 59.7 Å². The third-order valence-corrected chi connectivity index (χ3v) is 7.19. The number of ether oxygens (including phenoxy) is 2. The van der Waals surface area contributed by atoms with Gasteiger partial charge in [-0.15, -0.1) is 0 Å². The molecule has 1 fully saturated rings. The average Bonchev–Trinajstić information content (AvgIpc) is 2.91. The fourth-order valence-electron chi connectivity index (χ4n) is 4.86. The van der Waals surface area contributed by atoms with E-state index in [0.717, 1.165) is 37.2 Å². The predicted octanol–water partition coefficient (Wildman–Crippen LogP) is 7.07. The van der Waals surface area contributed by atoms with Gasteiger partial charge in [-0.25, -0.2) is 4.79 Å². The van der Waals surface area contributed by atoms with Crippen LogP contribution in [0.3, 0.4) is 0 Å². The van der Waals surface area contributed by atoms with Gasteiger partial charge in [0, 0.05) is 23.0 Å². The van der Waals surface area contributed by atoms with Crippen molar-refractivity contribution in [2.75, 3.05) is 11.5 Å². The molecule has 4 N–H and O–H groups in total. The molecule has 6 heteroatoms. The summed E-state index contributed by atoms with van der Waals surface area (Å²) in [6.07, 6.45) is 16.4. The van der Waals surface area contributed by atoms with Crippen LogP contribution >= 0.6 is 0 Å². The zero-order valence-electron chi connectivity index (χ0n) is 22.1. The van der Waals surface area contributed by atoms with E-state index in [1.807, 2.05) is 0 Å². The maximum absolute atomic E-state index is 12.7. The van der Waals surface area contributed by atoms with E-state index in [2.05, 4.69) is 6.92 Å². The topological polar surface area (TPSA) is 105 Å². The number of hydrogen-bond acceptors (Lipinski definition) is 6. The van der Waals surface area contributed by atoms with Gasteiger partial charge in [-0.1, -0.05) is 64.0 Å². The maximum Gasteiger partial charge on any atom is 0.331 e. The number of rotatable bonds is 13. The van der Waals surface area contributed by atoms with Gasteiger partial charge in [0.05, 0.1) is 5.92 Å². The first-order chi connectivity index (χ1) is 17.9. The Morgan fingerprint density at radius 3 is 2.35 bits per heavy atom. The molecule has 0 heterocycles. The van der Waals surface area contributed by atoms with Crippen molar-refractivity contribution in [2.45, 2.75) is 84.2 Å². The number of esters is 2. The van der Waals surface area contributed by atoms with E-state index in [-0.39, 0.29) is 18.5 Å². The molecule has 0 aromatic heterocycles. The maximum atomic E-state index is 12.7. The number of carbonyl (C=O) groups is 2. The summed E-state index contributed by atoms with van der Waals surface area (Å²) in [4.78, 5) is 24.7. The van der Waals surface area contributed by atoms with E-state index < -0.39 is 5.97 Å². The lowest BCUT2D eigenvalue weighted by atomic mass is 9.80. The molecule has 0 radical (unpaired) electrons. The molecule has 200 valence electrons. The summed E-state index contributed by atoms with van der Waals surface area (Å²) in [5.41, 5.74) is 14.2. The molecule has 3 rings (SSSR count). The fraction of sp³-hybridized carbons (Fsp3) is 0.484. The number of anilines is 2. The quantitative estimate of drug-likeness (QED) is 0.0989. The largest absolute Gasteiger partial charge is 0.458 e. The third kappa shape index (κ3) is 9.95. The van der Waals surface area contributed by atoms with Gasteiger partial charge in [-0.05, 0) is 73.6 Å². The molecule has 0 atom stereocenters. The van der Waals surface area contributed by atoms with Crippen molar-refractivity contribution < 1.29 is 19.1 Å². The fourth-order valence-corrected chi connectivity index (χ4v) is 4.86. The molecule has 0 spiro atoms. The Bertz CT molecular complexity index is 1020. The summed E-state index contributed by atoms with van der Waals surface area (Å²) < 4.78 is 10.9. The van der Waals surface area contributed by atoms with Crippen LogP contribution < -0.4 is 16.2 Å². The van der Waals surface area contributed by atoms with Crippen LogP contribution in [0.2, 0.25) is 0 Å². The van der Waals surface area contributed by atoms with E-state index in [9.17, 15) is 9.59 Å². The monoisotopic (exact) mass is 506 g/mol. The molecular formula is C31H42N2O4. The highest BCUT2D eigenvalue weighted by Crippen LogP contribution is 2.33. The van der Waals surface area contributed by atoms with Crippen LogP contribution in [0.4, 0.5) is 11.4 Å². The Labute approximate surface area is 221 Å². The van der Waals surface area contributed by atoms with Gasteiger partial charge in [-0.2, -0.15) is 0 Å². The van der Waals surface area contributed by atoms with Crippen LogP contribution in [0.25, 0.3) is 6.08 Å². The van der Waals surface area contributed by atoms with Gasteiger partial charge in [0.1, 0.15) is 12.4 Å². The molecule has 37 heavy (non-hydrogen) atoms. The summed E-state index contributed by atoms with van der Waals surface area (Å²) in [7, 11) is 0. The van der Waals surface area contributed by atoms with Crippen molar-refractivity contribution in [1.82, 2.24) is 0 Å². The van der Waals surface area contributed by atoms with E-state index >= 15 is 0 Å². The van der Waals surface area contributed by atoms with Crippen molar-refractivity contribution in [1.29, 1.82) is 0 Å². The summed E-state index contributed by atoms with van der Waals surface area (Å²) in [6.45, 7) is 2.30. The molecule has 1 aliphatic rings. The number of benzene rings is 2. The summed E-state index contributed by atoms with van der Waals surface area (Å²) in [6, 6.07) is 12.2. The second-order valence-electron chi connectivity index (χ2n) is 10.2. The van der Waals surface area contributed by atoms with Crippen LogP contribution in [-0.2, 0) is 20.9 Å². The van der Waals surface area contributed by atoms with E-state index in [1.165, 1.54) is 51.0 Å². The Balaban J connectivity index is 1.36. The Kier molecular flexibility index (Phi) is 11.5. The predicted molar refractivity (Wildman–Crippen MR) is 150 cm³/mol. The molecule has 2 aromatic rings. The normalized spacial score (nSPS) is 17.5. The molecule has 0 bridgehead atoms. The first-order valence-corrected chi connectivity index (χ1v) is 13.7. The molecule has 2 aromatic carbocycles. The molecule has 0 aliphatic heterocycles. The van der Waals surface area contributed by atoms with Gasteiger partial charge < -0.3 is 20.9 Å². The highest BCUT2D eigenvalue weighted by atomic mass is 16.5. The van der Waals surface area contributed by atoms with Crippen LogP contribution in [0.5, 0.6) is 5.75 Å². The second kappa shape index (κ2) is 15.1. The number of unbranched alkanes of at least 4 members (excludes halogenated alkanes) is 5. The molecular weight excluding hydrogens is 464 g/mol. The number of hydrogen-bond donors (Lipinski definition) is 2. The number of carbonyl (C=O) groups excluding carboxylic acids is 2. The van der Waals surface area contributed by atoms with Crippen LogP contribution in [0, 0.1) is 11.8 Å². The zero-order chi connectivity index (χ0) is 26.5. The average molecular weight is 507 g/mol. The summed E-state index contributed by atoms with van der Waals surface area (Å²) >= 11 is 0. The first kappa shape index (κ1) is 28.3. The lowest BCUT2D eigenvalue weighted by Gasteiger charge is -2.27. The first-order valence-electron chi connectivity index (χ1n) is 13.7. The highest BCUT2D eigenvalue weighted by molar-refractivity contribution is 5.87. The van der Waals surface area contributed by atoms with Gasteiger partial charge in [-0.3, -0.25) is 4.79 Å². The van der Waals surface area contributed by atoms with Crippen molar-refractivity contribution in [2.24, 2.45) is 11.8 Å².